The van der Waals surface area contributed by atoms with Gasteiger partial charge < -0.3 is 4.74 Å². The van der Waals surface area contributed by atoms with E-state index in [1.54, 1.807) is 30.0 Å². The molecule has 3 nitrogen and oxygen atoms in total. The number of ketones is 1. The highest BCUT2D eigenvalue weighted by Gasteiger charge is 2.38. The van der Waals surface area contributed by atoms with E-state index in [0.29, 0.717) is 30.7 Å². The van der Waals surface area contributed by atoms with Crippen molar-refractivity contribution < 1.29 is 27.3 Å². The van der Waals surface area contributed by atoms with Crippen LogP contribution in [0, 0.1) is 12.8 Å². The van der Waals surface area contributed by atoms with Crippen LogP contribution >= 0.6 is 0 Å². The summed E-state index contributed by atoms with van der Waals surface area (Å²) in [6.07, 6.45) is -0.423. The normalized spacial score (nSPS) is 16.0. The Bertz CT molecular complexity index is 1150. The summed E-state index contributed by atoms with van der Waals surface area (Å²) in [5.74, 6) is 0.110. The Morgan fingerprint density at radius 1 is 1.09 bits per heavy atom. The molecule has 1 atom stereocenters. The first kappa shape index (κ1) is 22.1. The Kier molecular flexibility index (Phi) is 6.04. The first-order valence-electron chi connectivity index (χ1n) is 10.6. The van der Waals surface area contributed by atoms with Gasteiger partial charge in [0.2, 0.25) is 0 Å². The van der Waals surface area contributed by atoms with E-state index in [4.69, 9.17) is 4.74 Å². The average Bonchev–Trinajstić information content (AvgIpc) is 2.77. The lowest BCUT2D eigenvalue weighted by atomic mass is 9.79. The lowest BCUT2D eigenvalue weighted by Crippen LogP contribution is -2.36. The number of pyridine rings is 1. The van der Waals surface area contributed by atoms with Crippen LogP contribution in [0.5, 0.6) is 5.75 Å². The van der Waals surface area contributed by atoms with Crippen LogP contribution in [0.3, 0.4) is 0 Å². The second-order valence-electron chi connectivity index (χ2n) is 8.31. The predicted octanol–water partition coefficient (Wildman–Crippen LogP) is 5.35. The summed E-state index contributed by atoms with van der Waals surface area (Å²) in [4.78, 5) is 13.0. The minimum absolute atomic E-state index is 0.0738. The Morgan fingerprint density at radius 3 is 2.59 bits per heavy atom. The minimum Gasteiger partial charge on any atom is -0.497 e. The molecule has 0 bridgehead atoms. The number of hydrogen-bond acceptors (Lipinski definition) is 2. The van der Waals surface area contributed by atoms with Crippen LogP contribution in [-0.4, -0.2) is 12.9 Å². The van der Waals surface area contributed by atoms with Gasteiger partial charge in [0.05, 0.1) is 7.11 Å². The number of halogens is 3. The van der Waals surface area contributed by atoms with Gasteiger partial charge in [-0.2, -0.15) is 13.2 Å². The van der Waals surface area contributed by atoms with Crippen LogP contribution in [0.4, 0.5) is 13.2 Å². The zero-order valence-electron chi connectivity index (χ0n) is 18.1. The lowest BCUT2D eigenvalue weighted by Gasteiger charge is -2.24. The Labute approximate surface area is 185 Å². The largest absolute Gasteiger partial charge is 0.497 e. The third-order valence-electron chi connectivity index (χ3n) is 6.20. The van der Waals surface area contributed by atoms with E-state index in [9.17, 15) is 18.0 Å². The van der Waals surface area contributed by atoms with Crippen LogP contribution in [0.1, 0.15) is 44.6 Å². The van der Waals surface area contributed by atoms with Crippen LogP contribution in [0.2, 0.25) is 0 Å². The number of rotatable bonds is 5. The van der Waals surface area contributed by atoms with Crippen molar-refractivity contribution in [2.45, 2.75) is 38.9 Å². The molecule has 1 aliphatic rings. The molecule has 32 heavy (non-hydrogen) atoms. The number of alkyl halides is 3. The quantitative estimate of drug-likeness (QED) is 0.501. The molecule has 1 aromatic heterocycles. The zero-order valence-corrected chi connectivity index (χ0v) is 18.1. The number of nitrogens with zero attached hydrogens (tertiary/aromatic N) is 1. The smallest absolute Gasteiger partial charge is 0.422 e. The van der Waals surface area contributed by atoms with E-state index in [0.717, 1.165) is 22.9 Å². The molecule has 2 aromatic carbocycles. The first-order valence-corrected chi connectivity index (χ1v) is 10.6. The number of aromatic nitrogens is 1. The Morgan fingerprint density at radius 2 is 1.88 bits per heavy atom. The second-order valence-corrected chi connectivity index (χ2v) is 8.31. The third-order valence-corrected chi connectivity index (χ3v) is 6.20. The molecule has 0 saturated heterocycles. The lowest BCUT2D eigenvalue weighted by molar-refractivity contribution is -0.689. The summed E-state index contributed by atoms with van der Waals surface area (Å²) in [7, 11) is 1.56. The summed E-state index contributed by atoms with van der Waals surface area (Å²) >= 11 is 0. The molecule has 0 amide bonds. The van der Waals surface area contributed by atoms with Gasteiger partial charge in [0.1, 0.15) is 11.3 Å². The number of carbonyl (C=O) groups is 1. The van der Waals surface area contributed by atoms with Crippen LogP contribution in [-0.2, 0) is 25.6 Å². The number of fused-ring (bicyclic) bond motifs is 1. The predicted molar refractivity (Wildman–Crippen MR) is 115 cm³/mol. The third kappa shape index (κ3) is 4.54. The summed E-state index contributed by atoms with van der Waals surface area (Å²) in [6.45, 7) is 2.30. The number of aryl methyl sites for hydroxylation is 2. The molecule has 0 radical (unpaired) electrons. The molecule has 4 rings (SSSR count). The number of carbonyl (C=O) groups excluding carboxylic acids is 1. The van der Waals surface area contributed by atoms with Crippen molar-refractivity contribution in [1.82, 2.24) is 0 Å². The fraction of sp³-hybridized carbons (Fsp3) is 0.308. The van der Waals surface area contributed by atoms with Crippen molar-refractivity contribution in [3.05, 3.63) is 94.3 Å². The fourth-order valence-corrected chi connectivity index (χ4v) is 4.37. The first-order chi connectivity index (χ1) is 15.3. The van der Waals surface area contributed by atoms with Crippen LogP contribution in [0.25, 0.3) is 0 Å². The van der Waals surface area contributed by atoms with Crippen molar-refractivity contribution >= 4 is 5.78 Å². The Hall–Kier alpha value is -3.15. The van der Waals surface area contributed by atoms with Crippen molar-refractivity contribution in [2.75, 3.05) is 7.11 Å². The molecule has 0 saturated carbocycles. The molecule has 1 aliphatic carbocycles. The SMILES string of the molecule is COc1ccc2c(c1)CCC(Cc1cc[n+](Cc3ccccc3C)cc1C(F)(F)F)C2=O. The van der Waals surface area contributed by atoms with Gasteiger partial charge in [-0.25, -0.2) is 4.57 Å². The van der Waals surface area contributed by atoms with Gasteiger partial charge >= 0.3 is 6.18 Å². The highest BCUT2D eigenvalue weighted by Crippen LogP contribution is 2.35. The summed E-state index contributed by atoms with van der Waals surface area (Å²) in [5, 5.41) is 0. The van der Waals surface area contributed by atoms with Crippen molar-refractivity contribution in [3.8, 4) is 5.75 Å². The van der Waals surface area contributed by atoms with Gasteiger partial charge in [0.25, 0.3) is 0 Å². The number of Topliss-reactive ketones (excluding diaryl/α,β-unsaturated/α-hetero) is 1. The molecule has 6 heteroatoms. The number of hydrogen-bond donors (Lipinski definition) is 0. The monoisotopic (exact) mass is 440 g/mol. The van der Waals surface area contributed by atoms with Gasteiger partial charge in [-0.15, -0.1) is 0 Å². The molecule has 0 fully saturated rings. The fourth-order valence-electron chi connectivity index (χ4n) is 4.37. The van der Waals surface area contributed by atoms with Crippen molar-refractivity contribution in [1.29, 1.82) is 0 Å². The van der Waals surface area contributed by atoms with Gasteiger partial charge in [-0.3, -0.25) is 4.79 Å². The summed E-state index contributed by atoms with van der Waals surface area (Å²) < 4.78 is 48.5. The summed E-state index contributed by atoms with van der Waals surface area (Å²) in [5.41, 5.74) is 2.95. The van der Waals surface area contributed by atoms with E-state index < -0.39 is 17.7 Å². The molecular weight excluding hydrogens is 415 g/mol. The molecule has 1 unspecified atom stereocenters. The molecule has 0 spiro atoms. The molecule has 3 aromatic rings. The maximum absolute atomic E-state index is 13.9. The molecular formula is C26H25F3NO2+. The zero-order chi connectivity index (χ0) is 22.9. The maximum atomic E-state index is 13.9. The highest BCUT2D eigenvalue weighted by atomic mass is 19.4. The van der Waals surface area contributed by atoms with E-state index in [1.807, 2.05) is 37.3 Å². The minimum atomic E-state index is -4.49. The van der Waals surface area contributed by atoms with E-state index in [2.05, 4.69) is 0 Å². The van der Waals surface area contributed by atoms with Gasteiger partial charge in [0.15, 0.2) is 24.7 Å². The standard InChI is InChI=1S/C26H25F3NO2/c1-17-5-3-4-6-21(17)15-30-12-11-19(24(16-30)26(27,28)29)13-20-8-7-18-14-22(32-2)9-10-23(18)25(20)31/h3-6,9-12,14,16,20H,7-8,13,15H2,1-2H3/q+1. The van der Waals surface area contributed by atoms with Crippen LogP contribution < -0.4 is 9.30 Å². The molecule has 0 aliphatic heterocycles. The van der Waals surface area contributed by atoms with Crippen LogP contribution in [0.15, 0.2) is 60.9 Å². The van der Waals surface area contributed by atoms with E-state index >= 15 is 0 Å². The van der Waals surface area contributed by atoms with Gasteiger partial charge in [0, 0.05) is 23.1 Å². The Balaban J connectivity index is 1.60. The average molecular weight is 440 g/mol. The summed E-state index contributed by atoms with van der Waals surface area (Å²) in [6, 6.07) is 14.4. The van der Waals surface area contributed by atoms with Gasteiger partial charge in [-0.05, 0) is 61.1 Å². The number of ether oxygens (including phenoxy) is 1. The van der Waals surface area contributed by atoms with E-state index in [1.165, 1.54) is 6.07 Å². The second kappa shape index (κ2) is 8.77. The topological polar surface area (TPSA) is 30.2 Å². The molecule has 1 heterocycles. The number of benzene rings is 2. The highest BCUT2D eigenvalue weighted by molar-refractivity contribution is 6.00. The molecule has 0 N–H and O–H groups in total. The van der Waals surface area contributed by atoms with Crippen molar-refractivity contribution in [3.63, 3.8) is 0 Å². The van der Waals surface area contributed by atoms with Gasteiger partial charge in [-0.1, -0.05) is 24.3 Å². The van der Waals surface area contributed by atoms with E-state index in [-0.39, 0.29) is 17.8 Å². The molecule has 166 valence electrons. The number of methoxy groups -OCH3 is 1. The van der Waals surface area contributed by atoms with Crippen molar-refractivity contribution in [2.24, 2.45) is 5.92 Å². The maximum Gasteiger partial charge on any atom is 0.422 e.